The summed E-state index contributed by atoms with van der Waals surface area (Å²) in [6, 6.07) is 18.3. The second-order valence-electron chi connectivity index (χ2n) is 17.0. The molecule has 0 amide bonds. The highest BCUT2D eigenvalue weighted by Gasteiger charge is 2.49. The smallest absolute Gasteiger partial charge is 0.420 e. The lowest BCUT2D eigenvalue weighted by Gasteiger charge is -2.57. The number of rotatable bonds is 7. The number of aromatic nitrogens is 2. The molecular weight excluding hydrogens is 676 g/mol. The number of hydrogen-bond donors (Lipinski definition) is 0. The van der Waals surface area contributed by atoms with Gasteiger partial charge in [0.25, 0.3) is 0 Å². The summed E-state index contributed by atoms with van der Waals surface area (Å²) < 4.78 is 19.1. The van der Waals surface area contributed by atoms with Gasteiger partial charge < -0.3 is 19.1 Å². The molecule has 2 aromatic heterocycles. The summed E-state index contributed by atoms with van der Waals surface area (Å²) in [7, 11) is 0. The zero-order valence-electron chi connectivity index (χ0n) is 31.3. The summed E-state index contributed by atoms with van der Waals surface area (Å²) >= 11 is 6.26. The molecule has 9 nitrogen and oxygen atoms in total. The molecule has 3 aliphatic rings. The van der Waals surface area contributed by atoms with Gasteiger partial charge in [-0.25, -0.2) is 19.1 Å². The Hall–Kier alpha value is -4.08. The molecule has 0 bridgehead atoms. The molecule has 0 N–H and O–H groups in total. The predicted octanol–water partition coefficient (Wildman–Crippen LogP) is 10.1. The lowest BCUT2D eigenvalue weighted by atomic mass is 9.70. The van der Waals surface area contributed by atoms with Gasteiger partial charge >= 0.3 is 12.1 Å². The number of piperidine rings is 1. The van der Waals surface area contributed by atoms with Crippen molar-refractivity contribution in [1.82, 2.24) is 14.5 Å². The van der Waals surface area contributed by atoms with Crippen molar-refractivity contribution in [1.29, 1.82) is 0 Å². The van der Waals surface area contributed by atoms with Crippen molar-refractivity contribution in [2.24, 2.45) is 11.3 Å². The van der Waals surface area contributed by atoms with Crippen molar-refractivity contribution in [2.45, 2.75) is 97.3 Å². The molecule has 3 fully saturated rings. The van der Waals surface area contributed by atoms with E-state index in [1.807, 2.05) is 71.9 Å². The minimum absolute atomic E-state index is 0.326. The van der Waals surface area contributed by atoms with Gasteiger partial charge in [0.1, 0.15) is 33.9 Å². The van der Waals surface area contributed by atoms with Gasteiger partial charge in [-0.15, -0.1) is 0 Å². The largest absolute Gasteiger partial charge is 0.456 e. The Bertz CT molecular complexity index is 1920. The van der Waals surface area contributed by atoms with Crippen LogP contribution in [0.5, 0.6) is 11.5 Å². The lowest BCUT2D eigenvalue weighted by Crippen LogP contribution is -2.61. The van der Waals surface area contributed by atoms with Crippen LogP contribution in [-0.4, -0.2) is 63.9 Å². The number of likely N-dealkylation sites (tertiary alicyclic amines) is 1. The highest BCUT2D eigenvalue weighted by molar-refractivity contribution is 6.30. The summed E-state index contributed by atoms with van der Waals surface area (Å²) in [5, 5.41) is 1.50. The monoisotopic (exact) mass is 726 g/mol. The van der Waals surface area contributed by atoms with Gasteiger partial charge in [-0.05, 0) is 121 Å². The van der Waals surface area contributed by atoms with Crippen molar-refractivity contribution in [3.05, 3.63) is 83.1 Å². The van der Waals surface area contributed by atoms with Gasteiger partial charge in [-0.3, -0.25) is 4.90 Å². The van der Waals surface area contributed by atoms with Crippen molar-refractivity contribution in [3.8, 4) is 11.5 Å². The number of nitrogens with zero attached hydrogens (tertiary/aromatic N) is 4. The van der Waals surface area contributed by atoms with E-state index in [0.717, 1.165) is 49.7 Å². The number of fused-ring (bicyclic) bond motifs is 1. The molecule has 4 heterocycles. The van der Waals surface area contributed by atoms with Gasteiger partial charge in [0.2, 0.25) is 0 Å². The van der Waals surface area contributed by atoms with Gasteiger partial charge in [0.15, 0.2) is 0 Å². The van der Waals surface area contributed by atoms with Crippen molar-refractivity contribution < 1.29 is 23.8 Å². The number of carbonyl (C=O) groups excluding carboxylic acids is 2. The van der Waals surface area contributed by atoms with Crippen LogP contribution >= 0.6 is 11.6 Å². The highest BCUT2D eigenvalue weighted by atomic mass is 35.5. The van der Waals surface area contributed by atoms with E-state index in [0.29, 0.717) is 45.5 Å². The van der Waals surface area contributed by atoms with Crippen LogP contribution in [0.4, 0.5) is 10.5 Å². The highest BCUT2D eigenvalue weighted by Crippen LogP contribution is 2.49. The maximum absolute atomic E-state index is 13.4. The zero-order chi connectivity index (χ0) is 36.8. The number of hydrogen-bond acceptors (Lipinski definition) is 8. The van der Waals surface area contributed by atoms with Crippen LogP contribution in [0, 0.1) is 11.3 Å². The fraction of sp³-hybridized carbons (Fsp3) is 0.500. The maximum atomic E-state index is 13.4. The Morgan fingerprint density at radius 3 is 2.21 bits per heavy atom. The van der Waals surface area contributed by atoms with E-state index in [1.165, 1.54) is 35.8 Å². The number of carbonyl (C=O) groups is 2. The summed E-state index contributed by atoms with van der Waals surface area (Å²) in [6.45, 7) is 15.1. The Morgan fingerprint density at radius 1 is 0.885 bits per heavy atom. The van der Waals surface area contributed by atoms with Gasteiger partial charge in [0.05, 0.1) is 6.20 Å². The van der Waals surface area contributed by atoms with Crippen LogP contribution in [0.2, 0.25) is 5.02 Å². The fourth-order valence-electron chi connectivity index (χ4n) is 8.22. The number of esters is 1. The van der Waals surface area contributed by atoms with Crippen molar-refractivity contribution in [3.63, 3.8) is 0 Å². The molecule has 7 rings (SSSR count). The van der Waals surface area contributed by atoms with Crippen LogP contribution in [0.3, 0.4) is 0 Å². The number of anilines is 1. The van der Waals surface area contributed by atoms with Crippen LogP contribution in [0.25, 0.3) is 11.0 Å². The zero-order valence-corrected chi connectivity index (χ0v) is 32.0. The molecule has 0 radical (unpaired) electrons. The Balaban J connectivity index is 1.07. The van der Waals surface area contributed by atoms with E-state index in [9.17, 15) is 9.59 Å². The standard InChI is InChI=1S/C42H51ClN4O5/c1-40(2,3)51-38(48)34-16-15-32(24-35(34)50-33-23-30-17-20-47(37(30)44-25-33)39(49)52-41(4,5)6)45-21-18-42(19-22-45)26-46(27-42)36(28-9-7-8-10-28)29-11-13-31(43)14-12-29/h11-17,20,23-25,28,36H,7-10,18-19,21-22,26-27H2,1-6H3. The molecule has 1 atom stereocenters. The first-order valence-corrected chi connectivity index (χ1v) is 19.0. The second kappa shape index (κ2) is 14.0. The van der Waals surface area contributed by atoms with Crippen molar-refractivity contribution in [2.75, 3.05) is 31.1 Å². The summed E-state index contributed by atoms with van der Waals surface area (Å²) in [5.74, 6) is 1.10. The van der Waals surface area contributed by atoms with Crippen LogP contribution in [0.15, 0.2) is 67.0 Å². The Morgan fingerprint density at radius 2 is 1.56 bits per heavy atom. The van der Waals surface area contributed by atoms with Gasteiger partial charge in [-0.2, -0.15) is 0 Å². The molecular formula is C42H51ClN4O5. The number of ether oxygens (including phenoxy) is 3. The molecule has 276 valence electrons. The third kappa shape index (κ3) is 7.96. The fourth-order valence-corrected chi connectivity index (χ4v) is 8.35. The SMILES string of the molecule is CC(C)(C)OC(=O)c1ccc(N2CCC3(CC2)CN(C(c2ccc(Cl)cc2)C2CCCC2)C3)cc1Oc1cnc2c(ccn2C(=O)OC(C)(C)C)c1. The Labute approximate surface area is 312 Å². The summed E-state index contributed by atoms with van der Waals surface area (Å²) in [4.78, 5) is 35.8. The predicted molar refractivity (Wildman–Crippen MR) is 205 cm³/mol. The second-order valence-corrected chi connectivity index (χ2v) is 17.4. The lowest BCUT2D eigenvalue weighted by molar-refractivity contribution is -0.0630. The summed E-state index contributed by atoms with van der Waals surface area (Å²) in [5.41, 5.74) is 2.23. The minimum Gasteiger partial charge on any atom is -0.456 e. The number of benzene rings is 2. The van der Waals surface area contributed by atoms with E-state index in [4.69, 9.17) is 25.8 Å². The molecule has 2 aliphatic heterocycles. The normalized spacial score (nSPS) is 18.7. The van der Waals surface area contributed by atoms with E-state index in [1.54, 1.807) is 24.5 Å². The molecule has 52 heavy (non-hydrogen) atoms. The quantitative estimate of drug-likeness (QED) is 0.174. The first kappa shape index (κ1) is 36.3. The van der Waals surface area contributed by atoms with E-state index >= 15 is 0 Å². The van der Waals surface area contributed by atoms with E-state index in [2.05, 4.69) is 26.9 Å². The summed E-state index contributed by atoms with van der Waals surface area (Å²) in [6.07, 6.45) is 10.2. The third-order valence-corrected chi connectivity index (χ3v) is 10.9. The molecule has 1 spiro atoms. The average molecular weight is 727 g/mol. The van der Waals surface area contributed by atoms with E-state index < -0.39 is 23.3 Å². The first-order valence-electron chi connectivity index (χ1n) is 18.7. The van der Waals surface area contributed by atoms with Gasteiger partial charge in [-0.1, -0.05) is 36.6 Å². The first-order chi connectivity index (χ1) is 24.7. The molecule has 1 saturated carbocycles. The maximum Gasteiger partial charge on any atom is 0.420 e. The number of pyridine rings is 1. The Kier molecular flexibility index (Phi) is 9.80. The molecule has 4 aromatic rings. The molecule has 1 aliphatic carbocycles. The minimum atomic E-state index is -0.666. The molecule has 2 aromatic carbocycles. The topological polar surface area (TPSA) is 86.1 Å². The number of halogens is 1. The van der Waals surface area contributed by atoms with Crippen LogP contribution in [0.1, 0.15) is 102 Å². The third-order valence-electron chi connectivity index (χ3n) is 10.6. The molecule has 10 heteroatoms. The van der Waals surface area contributed by atoms with Gasteiger partial charge in [0, 0.05) is 60.6 Å². The van der Waals surface area contributed by atoms with Crippen LogP contribution < -0.4 is 9.64 Å². The average Bonchev–Trinajstić information content (AvgIpc) is 3.74. The molecule has 2 saturated heterocycles. The van der Waals surface area contributed by atoms with Crippen molar-refractivity contribution >= 4 is 40.4 Å². The molecule has 1 unspecified atom stereocenters. The van der Waals surface area contributed by atoms with E-state index in [-0.39, 0.29) is 0 Å². The van der Waals surface area contributed by atoms with Crippen LogP contribution in [-0.2, 0) is 9.47 Å².